The van der Waals surface area contributed by atoms with Gasteiger partial charge in [-0.05, 0) is 11.3 Å². The van der Waals surface area contributed by atoms with Gasteiger partial charge in [0.25, 0.3) is 0 Å². The van der Waals surface area contributed by atoms with Crippen LogP contribution in [0.4, 0.5) is 0 Å². The molecule has 0 saturated heterocycles. The molecule has 3 N–H and O–H groups in total. The molecule has 92 valence electrons. The van der Waals surface area contributed by atoms with Crippen molar-refractivity contribution in [2.24, 2.45) is 17.1 Å². The summed E-state index contributed by atoms with van der Waals surface area (Å²) >= 11 is 0. The Bertz CT molecular complexity index is 278. The van der Waals surface area contributed by atoms with Crippen LogP contribution in [0.15, 0.2) is 0 Å². The molecular weight excluding hydrogens is 212 g/mol. The third kappa shape index (κ3) is 6.87. The zero-order valence-corrected chi connectivity index (χ0v) is 11.2. The van der Waals surface area contributed by atoms with Crippen LogP contribution in [0.25, 0.3) is 0 Å². The molecule has 0 aromatic heterocycles. The second-order valence-corrected chi connectivity index (χ2v) is 7.28. The van der Waals surface area contributed by atoms with Crippen LogP contribution in [-0.4, -0.2) is 26.8 Å². The van der Waals surface area contributed by atoms with Gasteiger partial charge in [-0.1, -0.05) is 34.6 Å². The molecule has 0 radical (unpaired) electrons. The van der Waals surface area contributed by atoms with Crippen molar-refractivity contribution in [1.82, 2.24) is 4.72 Å². The van der Waals surface area contributed by atoms with Gasteiger partial charge in [-0.2, -0.15) is 0 Å². The molecule has 4 nitrogen and oxygen atoms in total. The third-order valence-electron chi connectivity index (χ3n) is 2.01. The van der Waals surface area contributed by atoms with E-state index < -0.39 is 10.0 Å². The van der Waals surface area contributed by atoms with Crippen LogP contribution in [0.5, 0.6) is 0 Å². The van der Waals surface area contributed by atoms with E-state index >= 15 is 0 Å². The fraction of sp³-hybridized carbons (Fsp3) is 1.00. The van der Waals surface area contributed by atoms with Crippen LogP contribution < -0.4 is 10.5 Å². The van der Waals surface area contributed by atoms with Crippen LogP contribution in [0, 0.1) is 11.3 Å². The van der Waals surface area contributed by atoms with Gasteiger partial charge >= 0.3 is 0 Å². The third-order valence-corrected chi connectivity index (χ3v) is 3.92. The highest BCUT2D eigenvalue weighted by atomic mass is 32.2. The molecule has 0 bridgehead atoms. The van der Waals surface area contributed by atoms with Crippen molar-refractivity contribution in [3.63, 3.8) is 0 Å². The summed E-state index contributed by atoms with van der Waals surface area (Å²) in [4.78, 5) is 0. The highest BCUT2D eigenvalue weighted by molar-refractivity contribution is 7.89. The lowest BCUT2D eigenvalue weighted by molar-refractivity contribution is 0.431. The summed E-state index contributed by atoms with van der Waals surface area (Å²) in [5.74, 6) is 0.341. The minimum atomic E-state index is -3.23. The van der Waals surface area contributed by atoms with Crippen LogP contribution in [0.3, 0.4) is 0 Å². The van der Waals surface area contributed by atoms with Crippen molar-refractivity contribution in [2.45, 2.75) is 40.7 Å². The molecule has 0 fully saturated rings. The Morgan fingerprint density at radius 1 is 1.27 bits per heavy atom. The van der Waals surface area contributed by atoms with E-state index in [1.54, 1.807) is 0 Å². The van der Waals surface area contributed by atoms with E-state index in [1.807, 2.05) is 34.6 Å². The summed E-state index contributed by atoms with van der Waals surface area (Å²) in [5, 5.41) is 0. The first kappa shape index (κ1) is 14.9. The van der Waals surface area contributed by atoms with Crippen LogP contribution >= 0.6 is 0 Å². The lowest BCUT2D eigenvalue weighted by Crippen LogP contribution is -2.46. The molecule has 0 saturated carbocycles. The van der Waals surface area contributed by atoms with E-state index in [4.69, 9.17) is 5.73 Å². The average molecular weight is 236 g/mol. The Hall–Kier alpha value is -0.130. The Morgan fingerprint density at radius 3 is 2.00 bits per heavy atom. The van der Waals surface area contributed by atoms with E-state index in [0.29, 0.717) is 6.54 Å². The normalized spacial score (nSPS) is 15.7. The highest BCUT2D eigenvalue weighted by Crippen LogP contribution is 2.16. The summed E-state index contributed by atoms with van der Waals surface area (Å²) in [7, 11) is -3.23. The van der Waals surface area contributed by atoms with E-state index in [1.165, 1.54) is 0 Å². The summed E-state index contributed by atoms with van der Waals surface area (Å²) in [5.41, 5.74) is 5.28. The maximum absolute atomic E-state index is 11.8. The number of hydrogen-bond donors (Lipinski definition) is 2. The predicted molar refractivity (Wildman–Crippen MR) is 64.1 cm³/mol. The molecule has 0 spiro atoms. The topological polar surface area (TPSA) is 72.2 Å². The second-order valence-electron chi connectivity index (χ2n) is 5.52. The molecule has 0 aliphatic heterocycles. The summed E-state index contributed by atoms with van der Waals surface area (Å²) in [6, 6.07) is -0.169. The average Bonchev–Trinajstić information content (AvgIpc) is 1.94. The van der Waals surface area contributed by atoms with Crippen LogP contribution in [-0.2, 0) is 10.0 Å². The summed E-state index contributed by atoms with van der Waals surface area (Å²) < 4.78 is 26.2. The quantitative estimate of drug-likeness (QED) is 0.746. The van der Waals surface area contributed by atoms with Crippen molar-refractivity contribution in [3.8, 4) is 0 Å². The second kappa shape index (κ2) is 5.27. The fourth-order valence-electron chi connectivity index (χ4n) is 1.30. The van der Waals surface area contributed by atoms with Gasteiger partial charge in [0.2, 0.25) is 10.0 Å². The van der Waals surface area contributed by atoms with E-state index in [9.17, 15) is 8.42 Å². The van der Waals surface area contributed by atoms with Crippen LogP contribution in [0.2, 0.25) is 0 Å². The molecule has 1 unspecified atom stereocenters. The van der Waals surface area contributed by atoms with Gasteiger partial charge in [-0.25, -0.2) is 13.1 Å². The molecule has 0 heterocycles. The summed E-state index contributed by atoms with van der Waals surface area (Å²) in [6.07, 6.45) is 0. The Labute approximate surface area is 93.7 Å². The zero-order valence-electron chi connectivity index (χ0n) is 10.4. The van der Waals surface area contributed by atoms with Crippen molar-refractivity contribution in [1.29, 1.82) is 0 Å². The van der Waals surface area contributed by atoms with Crippen molar-refractivity contribution in [3.05, 3.63) is 0 Å². The standard InChI is InChI=1S/C10H24N2O2S/c1-8(2)9(6-11)12-15(13,14)7-10(3,4)5/h8-9,12H,6-7,11H2,1-5H3. The molecule has 0 aliphatic carbocycles. The molecule has 0 rings (SSSR count). The van der Waals surface area contributed by atoms with Gasteiger partial charge in [0.05, 0.1) is 5.75 Å². The molecule has 15 heavy (non-hydrogen) atoms. The number of nitrogens with two attached hydrogens (primary N) is 1. The maximum Gasteiger partial charge on any atom is 0.212 e. The number of sulfonamides is 1. The lowest BCUT2D eigenvalue weighted by Gasteiger charge is -2.24. The van der Waals surface area contributed by atoms with Gasteiger partial charge in [-0.15, -0.1) is 0 Å². The lowest BCUT2D eigenvalue weighted by atomic mass is 10.0. The van der Waals surface area contributed by atoms with E-state index in [0.717, 1.165) is 0 Å². The van der Waals surface area contributed by atoms with Crippen molar-refractivity contribution in [2.75, 3.05) is 12.3 Å². The molecule has 0 aliphatic rings. The van der Waals surface area contributed by atoms with Gasteiger partial charge in [0, 0.05) is 12.6 Å². The fourth-order valence-corrected chi connectivity index (χ4v) is 3.35. The monoisotopic (exact) mass is 236 g/mol. The van der Waals surface area contributed by atoms with Gasteiger partial charge in [0.1, 0.15) is 0 Å². The largest absolute Gasteiger partial charge is 0.329 e. The molecule has 0 amide bonds. The molecule has 0 aromatic rings. The predicted octanol–water partition coefficient (Wildman–Crippen LogP) is 0.935. The molecule has 0 aromatic carbocycles. The number of rotatable bonds is 5. The van der Waals surface area contributed by atoms with E-state index in [-0.39, 0.29) is 23.1 Å². The number of hydrogen-bond acceptors (Lipinski definition) is 3. The van der Waals surface area contributed by atoms with Crippen molar-refractivity contribution >= 4 is 10.0 Å². The van der Waals surface area contributed by atoms with E-state index in [2.05, 4.69) is 4.72 Å². The number of nitrogens with one attached hydrogen (secondary N) is 1. The van der Waals surface area contributed by atoms with Crippen molar-refractivity contribution < 1.29 is 8.42 Å². The molecule has 5 heteroatoms. The molecular formula is C10H24N2O2S. The molecule has 1 atom stereocenters. The first-order valence-electron chi connectivity index (χ1n) is 5.27. The Morgan fingerprint density at radius 2 is 1.73 bits per heavy atom. The van der Waals surface area contributed by atoms with Gasteiger partial charge in [0.15, 0.2) is 0 Å². The van der Waals surface area contributed by atoms with Crippen LogP contribution in [0.1, 0.15) is 34.6 Å². The van der Waals surface area contributed by atoms with Gasteiger partial charge in [-0.3, -0.25) is 0 Å². The highest BCUT2D eigenvalue weighted by Gasteiger charge is 2.25. The maximum atomic E-state index is 11.8. The Kier molecular flexibility index (Phi) is 5.23. The first-order chi connectivity index (χ1) is 6.57. The smallest absolute Gasteiger partial charge is 0.212 e. The zero-order chi connectivity index (χ0) is 12.3. The minimum Gasteiger partial charge on any atom is -0.329 e. The minimum absolute atomic E-state index is 0.128. The Balaban J connectivity index is 4.50. The first-order valence-corrected chi connectivity index (χ1v) is 6.93. The SMILES string of the molecule is CC(C)C(CN)NS(=O)(=O)CC(C)(C)C. The summed E-state index contributed by atoms with van der Waals surface area (Å²) in [6.45, 7) is 9.95. The van der Waals surface area contributed by atoms with Gasteiger partial charge < -0.3 is 5.73 Å².